The molecule has 3 aromatic heterocycles. The zero-order valence-electron chi connectivity index (χ0n) is 12.6. The first-order valence-corrected chi connectivity index (χ1v) is 7.25. The Hall–Kier alpha value is -2.37. The number of rotatable bonds is 5. The molecule has 0 aliphatic carbocycles. The van der Waals surface area contributed by atoms with E-state index in [9.17, 15) is 0 Å². The number of nitrogens with one attached hydrogen (secondary N) is 1. The molecule has 1 N–H and O–H groups in total. The highest BCUT2D eigenvalue weighted by Gasteiger charge is 2.09. The average Bonchev–Trinajstić information content (AvgIpc) is 3.12. The summed E-state index contributed by atoms with van der Waals surface area (Å²) >= 11 is 0. The van der Waals surface area contributed by atoms with E-state index in [0.717, 1.165) is 30.1 Å². The molecule has 21 heavy (non-hydrogen) atoms. The fraction of sp³-hybridized carbons (Fsp3) is 0.400. The van der Waals surface area contributed by atoms with E-state index in [-0.39, 0.29) is 6.04 Å². The van der Waals surface area contributed by atoms with E-state index in [4.69, 9.17) is 0 Å². The van der Waals surface area contributed by atoms with E-state index in [2.05, 4.69) is 46.6 Å². The van der Waals surface area contributed by atoms with Crippen molar-refractivity contribution in [1.82, 2.24) is 24.4 Å². The second kappa shape index (κ2) is 5.55. The number of hydrogen-bond donors (Lipinski definition) is 1. The Morgan fingerprint density at radius 1 is 1.33 bits per heavy atom. The molecule has 3 aromatic rings. The van der Waals surface area contributed by atoms with Crippen LogP contribution >= 0.6 is 0 Å². The van der Waals surface area contributed by atoms with E-state index >= 15 is 0 Å². The highest BCUT2D eigenvalue weighted by atomic mass is 15.3. The van der Waals surface area contributed by atoms with Crippen LogP contribution < -0.4 is 5.32 Å². The van der Waals surface area contributed by atoms with Crippen molar-refractivity contribution in [3.05, 3.63) is 42.0 Å². The summed E-state index contributed by atoms with van der Waals surface area (Å²) in [7, 11) is 0. The van der Waals surface area contributed by atoms with Crippen molar-refractivity contribution in [2.24, 2.45) is 0 Å². The summed E-state index contributed by atoms with van der Waals surface area (Å²) in [4.78, 5) is 4.55. The summed E-state index contributed by atoms with van der Waals surface area (Å²) in [5, 5.41) is 12.1. The van der Waals surface area contributed by atoms with Gasteiger partial charge in [-0.1, -0.05) is 6.92 Å². The highest BCUT2D eigenvalue weighted by Crippen LogP contribution is 2.14. The van der Waals surface area contributed by atoms with E-state index in [1.807, 2.05) is 28.4 Å². The lowest BCUT2D eigenvalue weighted by molar-refractivity contribution is 0.511. The van der Waals surface area contributed by atoms with Crippen molar-refractivity contribution >= 4 is 11.5 Å². The molecule has 1 atom stereocenters. The average molecular weight is 284 g/mol. The Morgan fingerprint density at radius 3 is 2.90 bits per heavy atom. The van der Waals surface area contributed by atoms with Crippen LogP contribution in [-0.2, 0) is 6.42 Å². The summed E-state index contributed by atoms with van der Waals surface area (Å²) in [5.74, 6) is 0.970. The van der Waals surface area contributed by atoms with Crippen LogP contribution in [-0.4, -0.2) is 30.9 Å². The van der Waals surface area contributed by atoms with Gasteiger partial charge in [0.2, 0.25) is 0 Å². The van der Waals surface area contributed by atoms with Crippen LogP contribution in [0, 0.1) is 6.92 Å². The van der Waals surface area contributed by atoms with Crippen LogP contribution in [0.4, 0.5) is 5.82 Å². The molecular weight excluding hydrogens is 264 g/mol. The summed E-state index contributed by atoms with van der Waals surface area (Å²) in [6, 6.07) is 4.24. The summed E-state index contributed by atoms with van der Waals surface area (Å²) in [5.41, 5.74) is 3.11. The first-order valence-electron chi connectivity index (χ1n) is 7.25. The summed E-state index contributed by atoms with van der Waals surface area (Å²) in [6.45, 7) is 7.08. The summed E-state index contributed by atoms with van der Waals surface area (Å²) in [6.07, 6.45) is 6.61. The van der Waals surface area contributed by atoms with Gasteiger partial charge in [-0.2, -0.15) is 14.7 Å². The normalized spacial score (nSPS) is 12.7. The van der Waals surface area contributed by atoms with Crippen LogP contribution in [0.15, 0.2) is 30.7 Å². The van der Waals surface area contributed by atoms with Gasteiger partial charge < -0.3 is 5.32 Å². The van der Waals surface area contributed by atoms with Crippen molar-refractivity contribution in [2.45, 2.75) is 33.2 Å². The molecule has 3 heterocycles. The molecule has 0 amide bonds. The SMILES string of the molecule is CCc1cc(NC[C@H](C)n2cc(C)cn2)n2nccc2n1. The molecule has 0 saturated carbocycles. The van der Waals surface area contributed by atoms with Gasteiger partial charge in [-0.05, 0) is 25.8 Å². The number of nitrogens with zero attached hydrogens (tertiary/aromatic N) is 5. The fourth-order valence-corrected chi connectivity index (χ4v) is 2.29. The Bertz CT molecular complexity index is 742. The van der Waals surface area contributed by atoms with E-state index in [1.54, 1.807) is 6.20 Å². The molecule has 0 aromatic carbocycles. The molecule has 6 nitrogen and oxygen atoms in total. The second-order valence-corrected chi connectivity index (χ2v) is 5.32. The van der Waals surface area contributed by atoms with Gasteiger partial charge in [0, 0.05) is 30.6 Å². The smallest absolute Gasteiger partial charge is 0.157 e. The Morgan fingerprint density at radius 2 is 2.19 bits per heavy atom. The zero-order valence-corrected chi connectivity index (χ0v) is 12.6. The molecule has 0 bridgehead atoms. The molecule has 6 heteroatoms. The standard InChI is InChI=1S/C15H20N6/c1-4-13-7-15(21-14(19-13)5-6-17-21)16-9-12(3)20-10-11(2)8-18-20/h5-8,10,12,16H,4,9H2,1-3H3/t12-/m0/s1. The van der Waals surface area contributed by atoms with Gasteiger partial charge in [0.25, 0.3) is 0 Å². The molecule has 3 rings (SSSR count). The van der Waals surface area contributed by atoms with Crippen LogP contribution in [0.25, 0.3) is 5.65 Å². The third-order valence-corrected chi connectivity index (χ3v) is 3.54. The van der Waals surface area contributed by atoms with E-state index in [1.165, 1.54) is 5.56 Å². The van der Waals surface area contributed by atoms with Gasteiger partial charge in [-0.15, -0.1) is 0 Å². The number of aromatic nitrogens is 5. The maximum atomic E-state index is 4.55. The van der Waals surface area contributed by atoms with Crippen LogP contribution in [0.2, 0.25) is 0 Å². The fourth-order valence-electron chi connectivity index (χ4n) is 2.29. The Kier molecular flexibility index (Phi) is 3.60. The van der Waals surface area contributed by atoms with Crippen LogP contribution in [0.1, 0.15) is 31.1 Å². The Labute approximate surface area is 123 Å². The minimum atomic E-state index is 0.266. The van der Waals surface area contributed by atoms with Gasteiger partial charge in [0.1, 0.15) is 5.82 Å². The Balaban J connectivity index is 1.79. The van der Waals surface area contributed by atoms with Gasteiger partial charge in [-0.25, -0.2) is 4.98 Å². The lowest BCUT2D eigenvalue weighted by Gasteiger charge is -2.15. The second-order valence-electron chi connectivity index (χ2n) is 5.32. The van der Waals surface area contributed by atoms with Crippen molar-refractivity contribution in [3.63, 3.8) is 0 Å². The largest absolute Gasteiger partial charge is 0.368 e. The molecular formula is C15H20N6. The van der Waals surface area contributed by atoms with Crippen LogP contribution in [0.3, 0.4) is 0 Å². The zero-order chi connectivity index (χ0) is 14.8. The minimum Gasteiger partial charge on any atom is -0.368 e. The molecule has 0 saturated heterocycles. The minimum absolute atomic E-state index is 0.266. The molecule has 0 aliphatic heterocycles. The summed E-state index contributed by atoms with van der Waals surface area (Å²) < 4.78 is 3.81. The predicted octanol–water partition coefficient (Wildman–Crippen LogP) is 2.47. The van der Waals surface area contributed by atoms with E-state index < -0.39 is 0 Å². The lowest BCUT2D eigenvalue weighted by Crippen LogP contribution is -2.18. The lowest BCUT2D eigenvalue weighted by atomic mass is 10.3. The van der Waals surface area contributed by atoms with Gasteiger partial charge >= 0.3 is 0 Å². The van der Waals surface area contributed by atoms with Crippen molar-refractivity contribution < 1.29 is 0 Å². The van der Waals surface area contributed by atoms with Crippen molar-refractivity contribution in [3.8, 4) is 0 Å². The quantitative estimate of drug-likeness (QED) is 0.782. The van der Waals surface area contributed by atoms with Crippen molar-refractivity contribution in [1.29, 1.82) is 0 Å². The van der Waals surface area contributed by atoms with Crippen molar-refractivity contribution in [2.75, 3.05) is 11.9 Å². The first-order chi connectivity index (χ1) is 10.2. The number of anilines is 1. The molecule has 0 aliphatic rings. The molecule has 110 valence electrons. The van der Waals surface area contributed by atoms with Crippen LogP contribution in [0.5, 0.6) is 0 Å². The number of hydrogen-bond acceptors (Lipinski definition) is 4. The van der Waals surface area contributed by atoms with Gasteiger partial charge in [0.15, 0.2) is 5.65 Å². The number of aryl methyl sites for hydroxylation is 2. The monoisotopic (exact) mass is 284 g/mol. The maximum absolute atomic E-state index is 4.55. The van der Waals surface area contributed by atoms with Gasteiger partial charge in [0.05, 0.1) is 18.4 Å². The molecule has 0 unspecified atom stereocenters. The first kappa shape index (κ1) is 13.6. The molecule has 0 radical (unpaired) electrons. The van der Waals surface area contributed by atoms with Gasteiger partial charge in [-0.3, -0.25) is 4.68 Å². The molecule has 0 fully saturated rings. The topological polar surface area (TPSA) is 60.0 Å². The highest BCUT2D eigenvalue weighted by molar-refractivity contribution is 5.49. The third-order valence-electron chi connectivity index (χ3n) is 3.54. The third kappa shape index (κ3) is 2.74. The molecule has 0 spiro atoms. The van der Waals surface area contributed by atoms with E-state index in [0.29, 0.717) is 0 Å². The predicted molar refractivity (Wildman–Crippen MR) is 82.5 cm³/mol. The number of fused-ring (bicyclic) bond motifs is 1. The maximum Gasteiger partial charge on any atom is 0.157 e.